The van der Waals surface area contributed by atoms with Gasteiger partial charge in [0.2, 0.25) is 0 Å². The molecule has 0 aliphatic heterocycles. The molecule has 0 aliphatic rings. The van der Waals surface area contributed by atoms with Crippen LogP contribution in [0.25, 0.3) is 0 Å². The summed E-state index contributed by atoms with van der Waals surface area (Å²) in [4.78, 5) is 10.3. The number of ether oxygens (including phenoxy) is 1. The van der Waals surface area contributed by atoms with Crippen molar-refractivity contribution in [3.05, 3.63) is 24.2 Å². The first-order valence-corrected chi connectivity index (χ1v) is 2.95. The molecule has 0 spiro atoms. The maximum absolute atomic E-state index is 10.3. The Labute approximate surface area is 58.6 Å². The molecule has 1 aromatic rings. The Morgan fingerprint density at radius 1 is 1.80 bits per heavy atom. The average Bonchev–Trinajstić information content (AvgIpc) is 2.34. The zero-order valence-corrected chi connectivity index (χ0v) is 5.66. The SMILES string of the molecule is CC(=O)OCc1ccco1. The third-order valence-electron chi connectivity index (χ3n) is 0.998. The fourth-order valence-corrected chi connectivity index (χ4v) is 0.567. The van der Waals surface area contributed by atoms with Crippen LogP contribution in [-0.2, 0) is 16.1 Å². The summed E-state index contributed by atoms with van der Waals surface area (Å²) in [5.74, 6) is 0.367. The van der Waals surface area contributed by atoms with Crippen molar-refractivity contribution in [3.63, 3.8) is 0 Å². The molecule has 0 atom stereocenters. The number of hydrogen-bond donors (Lipinski definition) is 0. The fraction of sp³-hybridized carbons (Fsp3) is 0.286. The van der Waals surface area contributed by atoms with Crippen LogP contribution in [0.2, 0.25) is 0 Å². The highest BCUT2D eigenvalue weighted by molar-refractivity contribution is 5.65. The van der Waals surface area contributed by atoms with Crippen molar-refractivity contribution in [1.82, 2.24) is 0 Å². The summed E-state index contributed by atoms with van der Waals surface area (Å²) in [5.41, 5.74) is 0. The molecule has 0 aromatic carbocycles. The second-order valence-electron chi connectivity index (χ2n) is 1.86. The van der Waals surface area contributed by atoms with Crippen LogP contribution in [0.4, 0.5) is 0 Å². The molecule has 0 N–H and O–H groups in total. The van der Waals surface area contributed by atoms with Gasteiger partial charge >= 0.3 is 5.97 Å². The molecule has 0 fully saturated rings. The van der Waals surface area contributed by atoms with Gasteiger partial charge in [-0.25, -0.2) is 0 Å². The largest absolute Gasteiger partial charge is 0.466 e. The molecule has 3 nitrogen and oxygen atoms in total. The first-order valence-electron chi connectivity index (χ1n) is 2.95. The summed E-state index contributed by atoms with van der Waals surface area (Å²) < 4.78 is 9.56. The van der Waals surface area contributed by atoms with Crippen LogP contribution in [0.15, 0.2) is 22.8 Å². The molecule has 0 bridgehead atoms. The average molecular weight is 140 g/mol. The van der Waals surface area contributed by atoms with Crippen molar-refractivity contribution >= 4 is 5.97 Å². The van der Waals surface area contributed by atoms with Crippen LogP contribution in [0, 0.1) is 0 Å². The summed E-state index contributed by atoms with van der Waals surface area (Å²) in [6, 6.07) is 3.50. The minimum absolute atomic E-state index is 0.225. The molecule has 54 valence electrons. The first kappa shape index (κ1) is 6.86. The number of hydrogen-bond acceptors (Lipinski definition) is 3. The molecule has 3 heteroatoms. The zero-order valence-electron chi connectivity index (χ0n) is 5.66. The summed E-state index contributed by atoms with van der Waals surface area (Å²) in [6.07, 6.45) is 1.54. The number of furan rings is 1. The predicted octanol–water partition coefficient (Wildman–Crippen LogP) is 1.34. The lowest BCUT2D eigenvalue weighted by atomic mass is 10.5. The van der Waals surface area contributed by atoms with E-state index in [1.54, 1.807) is 18.4 Å². The lowest BCUT2D eigenvalue weighted by molar-refractivity contribution is -0.142. The van der Waals surface area contributed by atoms with Crippen molar-refractivity contribution in [2.75, 3.05) is 0 Å². The maximum atomic E-state index is 10.3. The minimum atomic E-state index is -0.295. The van der Waals surface area contributed by atoms with Crippen LogP contribution in [0.5, 0.6) is 0 Å². The third kappa shape index (κ3) is 1.93. The van der Waals surface area contributed by atoms with Gasteiger partial charge in [0.1, 0.15) is 12.4 Å². The van der Waals surface area contributed by atoms with Gasteiger partial charge < -0.3 is 9.15 Å². The predicted molar refractivity (Wildman–Crippen MR) is 34.2 cm³/mol. The van der Waals surface area contributed by atoms with E-state index in [0.717, 1.165) is 0 Å². The smallest absolute Gasteiger partial charge is 0.303 e. The van der Waals surface area contributed by atoms with Gasteiger partial charge in [-0.1, -0.05) is 0 Å². The van der Waals surface area contributed by atoms with Gasteiger partial charge in [0.05, 0.1) is 6.26 Å². The van der Waals surface area contributed by atoms with Gasteiger partial charge in [-0.2, -0.15) is 0 Å². The molecule has 1 rings (SSSR count). The Bertz CT molecular complexity index is 201. The van der Waals surface area contributed by atoms with Gasteiger partial charge in [-0.05, 0) is 12.1 Å². The molecule has 0 saturated carbocycles. The second-order valence-corrected chi connectivity index (χ2v) is 1.86. The molecule has 1 heterocycles. The molecule has 0 radical (unpaired) electrons. The van der Waals surface area contributed by atoms with Crippen molar-refractivity contribution < 1.29 is 13.9 Å². The molecule has 1 aromatic heterocycles. The maximum Gasteiger partial charge on any atom is 0.303 e. The van der Waals surface area contributed by atoms with E-state index in [2.05, 4.69) is 4.74 Å². The van der Waals surface area contributed by atoms with E-state index in [-0.39, 0.29) is 12.6 Å². The van der Waals surface area contributed by atoms with Crippen LogP contribution in [-0.4, -0.2) is 5.97 Å². The quantitative estimate of drug-likeness (QED) is 0.582. The van der Waals surface area contributed by atoms with Gasteiger partial charge in [0.15, 0.2) is 0 Å². The number of carbonyl (C=O) groups excluding carboxylic acids is 1. The Morgan fingerprint density at radius 2 is 2.60 bits per heavy atom. The Morgan fingerprint density at radius 3 is 3.10 bits per heavy atom. The summed E-state index contributed by atoms with van der Waals surface area (Å²) in [6.45, 7) is 1.59. The van der Waals surface area contributed by atoms with Crippen molar-refractivity contribution in [1.29, 1.82) is 0 Å². The Hall–Kier alpha value is -1.25. The molecular formula is C7H8O3. The zero-order chi connectivity index (χ0) is 7.40. The molecule has 0 saturated heterocycles. The van der Waals surface area contributed by atoms with Crippen LogP contribution in [0.3, 0.4) is 0 Å². The Kier molecular flexibility index (Phi) is 2.10. The molecule has 10 heavy (non-hydrogen) atoms. The second kappa shape index (κ2) is 3.06. The van der Waals surface area contributed by atoms with Gasteiger partial charge in [0, 0.05) is 6.92 Å². The topological polar surface area (TPSA) is 39.4 Å². The number of carbonyl (C=O) groups is 1. The number of esters is 1. The number of rotatable bonds is 2. The lowest BCUT2D eigenvalue weighted by Crippen LogP contribution is -1.97. The van der Waals surface area contributed by atoms with Gasteiger partial charge in [-0.15, -0.1) is 0 Å². The lowest BCUT2D eigenvalue weighted by Gasteiger charge is -1.95. The van der Waals surface area contributed by atoms with Crippen LogP contribution in [0.1, 0.15) is 12.7 Å². The summed E-state index contributed by atoms with van der Waals surface area (Å²) in [5, 5.41) is 0. The van der Waals surface area contributed by atoms with E-state index in [1.807, 2.05) is 0 Å². The monoisotopic (exact) mass is 140 g/mol. The third-order valence-corrected chi connectivity index (χ3v) is 0.998. The van der Waals surface area contributed by atoms with E-state index in [1.165, 1.54) is 6.92 Å². The van der Waals surface area contributed by atoms with E-state index < -0.39 is 0 Å². The summed E-state index contributed by atoms with van der Waals surface area (Å²) in [7, 11) is 0. The van der Waals surface area contributed by atoms with Crippen LogP contribution < -0.4 is 0 Å². The summed E-state index contributed by atoms with van der Waals surface area (Å²) >= 11 is 0. The standard InChI is InChI=1S/C7H8O3/c1-6(8)10-5-7-3-2-4-9-7/h2-4H,5H2,1H3. The first-order chi connectivity index (χ1) is 4.79. The molecule has 0 amide bonds. The molecule has 0 unspecified atom stereocenters. The Balaban J connectivity index is 2.35. The van der Waals surface area contributed by atoms with Crippen LogP contribution >= 0.6 is 0 Å². The van der Waals surface area contributed by atoms with Crippen molar-refractivity contribution in [2.45, 2.75) is 13.5 Å². The normalized spacial score (nSPS) is 9.30. The van der Waals surface area contributed by atoms with E-state index in [0.29, 0.717) is 5.76 Å². The van der Waals surface area contributed by atoms with E-state index in [9.17, 15) is 4.79 Å². The van der Waals surface area contributed by atoms with E-state index >= 15 is 0 Å². The van der Waals surface area contributed by atoms with Crippen molar-refractivity contribution in [3.8, 4) is 0 Å². The molecule has 0 aliphatic carbocycles. The highest BCUT2D eigenvalue weighted by Crippen LogP contribution is 2.01. The van der Waals surface area contributed by atoms with Gasteiger partial charge in [0.25, 0.3) is 0 Å². The van der Waals surface area contributed by atoms with Gasteiger partial charge in [-0.3, -0.25) is 4.79 Å². The molecular weight excluding hydrogens is 132 g/mol. The van der Waals surface area contributed by atoms with E-state index in [4.69, 9.17) is 4.42 Å². The fourth-order valence-electron chi connectivity index (χ4n) is 0.567. The van der Waals surface area contributed by atoms with Crippen molar-refractivity contribution in [2.24, 2.45) is 0 Å². The highest BCUT2D eigenvalue weighted by Gasteiger charge is 1.96. The minimum Gasteiger partial charge on any atom is -0.466 e. The highest BCUT2D eigenvalue weighted by atomic mass is 16.5.